The van der Waals surface area contributed by atoms with Crippen LogP contribution in [0.15, 0.2) is 42.7 Å². The summed E-state index contributed by atoms with van der Waals surface area (Å²) in [6.45, 7) is 5.06. The lowest BCUT2D eigenvalue weighted by molar-refractivity contribution is -0.130. The Morgan fingerprint density at radius 2 is 1.97 bits per heavy atom. The number of pyridine rings is 1. The molecule has 2 saturated heterocycles. The average molecular weight is 503 g/mol. The van der Waals surface area contributed by atoms with Crippen molar-refractivity contribution in [1.29, 1.82) is 0 Å². The van der Waals surface area contributed by atoms with E-state index in [2.05, 4.69) is 16.0 Å². The smallest absolute Gasteiger partial charge is 0.227 e. The molecule has 8 heteroatoms. The minimum Gasteiger partial charge on any atom is -0.343 e. The van der Waals surface area contributed by atoms with Gasteiger partial charge in [0.15, 0.2) is 0 Å². The normalized spacial score (nSPS) is 22.1. The molecule has 3 heterocycles. The number of anilines is 1. The first-order chi connectivity index (χ1) is 16.3. The number of aromatic nitrogens is 1. The van der Waals surface area contributed by atoms with Gasteiger partial charge in [0.2, 0.25) is 11.8 Å². The minimum atomic E-state index is -0.231. The van der Waals surface area contributed by atoms with Crippen molar-refractivity contribution >= 4 is 40.7 Å². The SMILES string of the molecule is CC(=O)N(C)C1CCN(CC[C@]2(c3ccc(Cl)c(Cl)c3)CCC(=O)N(c3cccnc3)C2)CC1. The fraction of sp³-hybridized carbons (Fsp3) is 0.500. The molecule has 0 bridgehead atoms. The van der Waals surface area contributed by atoms with Gasteiger partial charge >= 0.3 is 0 Å². The van der Waals surface area contributed by atoms with Gasteiger partial charge in [-0.1, -0.05) is 29.3 Å². The molecule has 0 unspecified atom stereocenters. The molecule has 2 amide bonds. The molecule has 34 heavy (non-hydrogen) atoms. The second kappa shape index (κ2) is 10.6. The van der Waals surface area contributed by atoms with Crippen LogP contribution in [0, 0.1) is 0 Å². The molecular formula is C26H32Cl2N4O2. The summed E-state index contributed by atoms with van der Waals surface area (Å²) in [5.41, 5.74) is 1.71. The zero-order valence-electron chi connectivity index (χ0n) is 19.8. The van der Waals surface area contributed by atoms with E-state index in [1.54, 1.807) is 19.3 Å². The van der Waals surface area contributed by atoms with E-state index in [4.69, 9.17) is 23.2 Å². The highest BCUT2D eigenvalue weighted by Gasteiger charge is 2.41. The van der Waals surface area contributed by atoms with E-state index in [0.717, 1.165) is 56.6 Å². The number of piperidine rings is 2. The lowest BCUT2D eigenvalue weighted by Crippen LogP contribution is -2.51. The maximum atomic E-state index is 12.9. The largest absolute Gasteiger partial charge is 0.343 e. The van der Waals surface area contributed by atoms with Crippen molar-refractivity contribution in [3.05, 3.63) is 58.3 Å². The lowest BCUT2D eigenvalue weighted by Gasteiger charge is -2.45. The second-order valence-electron chi connectivity index (χ2n) is 9.55. The topological polar surface area (TPSA) is 56.8 Å². The molecule has 2 fully saturated rings. The zero-order valence-corrected chi connectivity index (χ0v) is 21.4. The number of hydrogen-bond acceptors (Lipinski definition) is 4. The summed E-state index contributed by atoms with van der Waals surface area (Å²) in [7, 11) is 1.90. The average Bonchev–Trinajstić information content (AvgIpc) is 2.86. The Balaban J connectivity index is 1.54. The standard InChI is InChI=1S/C26H32Cl2N4O2/c1-19(33)30(2)21-8-13-31(14-9-21)15-11-26(20-5-6-23(27)24(28)16-20)10-7-25(34)32(18-26)22-4-3-12-29-17-22/h3-6,12,16-17,21H,7-11,13-15,18H2,1-2H3/t26-/m1/s1. The monoisotopic (exact) mass is 502 g/mol. The first-order valence-corrected chi connectivity index (χ1v) is 12.7. The predicted molar refractivity (Wildman–Crippen MR) is 136 cm³/mol. The van der Waals surface area contributed by atoms with Crippen molar-refractivity contribution in [3.63, 3.8) is 0 Å². The van der Waals surface area contributed by atoms with Crippen LogP contribution in [0.2, 0.25) is 10.0 Å². The van der Waals surface area contributed by atoms with Crippen LogP contribution in [-0.4, -0.2) is 65.9 Å². The van der Waals surface area contributed by atoms with Crippen LogP contribution in [-0.2, 0) is 15.0 Å². The van der Waals surface area contributed by atoms with E-state index < -0.39 is 0 Å². The molecule has 2 aliphatic heterocycles. The number of carbonyl (C=O) groups is 2. The van der Waals surface area contributed by atoms with Crippen LogP contribution >= 0.6 is 23.2 Å². The predicted octanol–water partition coefficient (Wildman–Crippen LogP) is 4.79. The Morgan fingerprint density at radius 1 is 1.21 bits per heavy atom. The van der Waals surface area contributed by atoms with Crippen molar-refractivity contribution in [2.24, 2.45) is 0 Å². The molecule has 182 valence electrons. The number of amides is 2. The molecule has 2 aliphatic rings. The number of likely N-dealkylation sites (tertiary alicyclic amines) is 1. The Kier molecular flexibility index (Phi) is 7.80. The van der Waals surface area contributed by atoms with Gasteiger partial charge in [-0.2, -0.15) is 0 Å². The fourth-order valence-corrected chi connectivity index (χ4v) is 5.57. The van der Waals surface area contributed by atoms with Gasteiger partial charge < -0.3 is 14.7 Å². The maximum Gasteiger partial charge on any atom is 0.227 e. The van der Waals surface area contributed by atoms with E-state index in [1.807, 2.05) is 41.1 Å². The van der Waals surface area contributed by atoms with Crippen molar-refractivity contribution in [2.75, 3.05) is 38.1 Å². The van der Waals surface area contributed by atoms with Gasteiger partial charge in [0, 0.05) is 57.7 Å². The van der Waals surface area contributed by atoms with Crippen molar-refractivity contribution in [3.8, 4) is 0 Å². The molecule has 2 aromatic rings. The highest BCUT2D eigenvalue weighted by atomic mass is 35.5. The van der Waals surface area contributed by atoms with Gasteiger partial charge in [0.05, 0.1) is 21.9 Å². The second-order valence-corrected chi connectivity index (χ2v) is 10.4. The van der Waals surface area contributed by atoms with Crippen LogP contribution in [0.5, 0.6) is 0 Å². The van der Waals surface area contributed by atoms with Gasteiger partial charge in [-0.05, 0) is 62.1 Å². The fourth-order valence-electron chi connectivity index (χ4n) is 5.27. The van der Waals surface area contributed by atoms with E-state index in [1.165, 1.54) is 0 Å². The number of carbonyl (C=O) groups excluding carboxylic acids is 2. The lowest BCUT2D eigenvalue weighted by atomic mass is 9.71. The molecule has 0 radical (unpaired) electrons. The third kappa shape index (κ3) is 5.40. The van der Waals surface area contributed by atoms with Crippen LogP contribution in [0.3, 0.4) is 0 Å². The number of hydrogen-bond donors (Lipinski definition) is 0. The first-order valence-electron chi connectivity index (χ1n) is 11.9. The Labute approximate surface area is 211 Å². The van der Waals surface area contributed by atoms with Crippen LogP contribution < -0.4 is 4.90 Å². The number of rotatable bonds is 6. The molecule has 1 aromatic heterocycles. The Bertz CT molecular complexity index is 1030. The van der Waals surface area contributed by atoms with Crippen molar-refractivity contribution in [2.45, 2.75) is 50.5 Å². The summed E-state index contributed by atoms with van der Waals surface area (Å²) in [6, 6.07) is 9.99. The number of benzene rings is 1. The summed E-state index contributed by atoms with van der Waals surface area (Å²) in [4.78, 5) is 35.1. The summed E-state index contributed by atoms with van der Waals surface area (Å²) in [6.07, 6.45) is 7.58. The van der Waals surface area contributed by atoms with Crippen molar-refractivity contribution in [1.82, 2.24) is 14.8 Å². The molecule has 6 nitrogen and oxygen atoms in total. The molecule has 0 spiro atoms. The zero-order chi connectivity index (χ0) is 24.3. The van der Waals surface area contributed by atoms with Gasteiger partial charge in [-0.25, -0.2) is 0 Å². The summed E-state index contributed by atoms with van der Waals surface area (Å²) >= 11 is 12.7. The van der Waals surface area contributed by atoms with Crippen LogP contribution in [0.25, 0.3) is 0 Å². The Morgan fingerprint density at radius 3 is 2.62 bits per heavy atom. The molecule has 1 atom stereocenters. The van der Waals surface area contributed by atoms with Crippen LogP contribution in [0.1, 0.15) is 44.6 Å². The van der Waals surface area contributed by atoms with Gasteiger partial charge in [0.25, 0.3) is 0 Å². The molecule has 0 aliphatic carbocycles. The summed E-state index contributed by atoms with van der Waals surface area (Å²) in [5, 5.41) is 1.07. The molecule has 1 aromatic carbocycles. The van der Waals surface area contributed by atoms with E-state index in [-0.39, 0.29) is 17.2 Å². The van der Waals surface area contributed by atoms with E-state index >= 15 is 0 Å². The van der Waals surface area contributed by atoms with E-state index in [0.29, 0.717) is 29.1 Å². The summed E-state index contributed by atoms with van der Waals surface area (Å²) < 4.78 is 0. The minimum absolute atomic E-state index is 0.122. The number of nitrogens with zero attached hydrogens (tertiary/aromatic N) is 4. The molecular weight excluding hydrogens is 471 g/mol. The molecule has 0 N–H and O–H groups in total. The molecule has 0 saturated carbocycles. The summed E-state index contributed by atoms with van der Waals surface area (Å²) in [5.74, 6) is 0.246. The number of halogens is 2. The molecule has 4 rings (SSSR count). The van der Waals surface area contributed by atoms with E-state index in [9.17, 15) is 9.59 Å². The third-order valence-electron chi connectivity index (χ3n) is 7.58. The maximum absolute atomic E-state index is 12.9. The first kappa shape index (κ1) is 25.0. The quantitative estimate of drug-likeness (QED) is 0.569. The van der Waals surface area contributed by atoms with Gasteiger partial charge in [-0.3, -0.25) is 14.6 Å². The highest BCUT2D eigenvalue weighted by Crippen LogP contribution is 2.41. The Hall–Kier alpha value is -2.15. The van der Waals surface area contributed by atoms with Crippen molar-refractivity contribution < 1.29 is 9.59 Å². The third-order valence-corrected chi connectivity index (χ3v) is 8.32. The highest BCUT2D eigenvalue weighted by molar-refractivity contribution is 6.42. The van der Waals surface area contributed by atoms with Crippen LogP contribution in [0.4, 0.5) is 5.69 Å². The van der Waals surface area contributed by atoms with Gasteiger partial charge in [0.1, 0.15) is 0 Å². The van der Waals surface area contributed by atoms with Gasteiger partial charge in [-0.15, -0.1) is 0 Å².